The lowest BCUT2D eigenvalue weighted by molar-refractivity contribution is -0.385. The molecule has 0 amide bonds. The number of nitro benzene ring substituents is 1. The van der Waals surface area contributed by atoms with Gasteiger partial charge in [0.1, 0.15) is 5.75 Å². The Morgan fingerprint density at radius 2 is 2.24 bits per heavy atom. The maximum Gasteiger partial charge on any atom is 0.277 e. The maximum absolute atomic E-state index is 10.9. The van der Waals surface area contributed by atoms with Gasteiger partial charge < -0.3 is 10.8 Å². The fourth-order valence-corrected chi connectivity index (χ4v) is 2.09. The van der Waals surface area contributed by atoms with Crippen molar-refractivity contribution >= 4 is 17.3 Å². The number of nitro groups is 1. The quantitative estimate of drug-likeness (QED) is 0.640. The van der Waals surface area contributed by atoms with Gasteiger partial charge in [-0.2, -0.15) is 0 Å². The van der Waals surface area contributed by atoms with Gasteiger partial charge in [0.15, 0.2) is 0 Å². The average molecular weight is 257 g/mol. The molecule has 1 saturated carbocycles. The van der Waals surface area contributed by atoms with Crippen LogP contribution in [0.3, 0.4) is 0 Å². The minimum atomic E-state index is -0.544. The molecule has 1 aromatic rings. The van der Waals surface area contributed by atoms with Gasteiger partial charge in [0.25, 0.3) is 5.69 Å². The minimum Gasteiger partial charge on any atom is -0.506 e. The highest BCUT2D eigenvalue weighted by molar-refractivity contribution is 6.32. The highest BCUT2D eigenvalue weighted by Gasteiger charge is 2.30. The molecule has 1 aromatic carbocycles. The maximum atomic E-state index is 10.9. The van der Waals surface area contributed by atoms with E-state index in [2.05, 4.69) is 0 Å². The van der Waals surface area contributed by atoms with E-state index in [1.165, 1.54) is 12.1 Å². The monoisotopic (exact) mass is 256 g/mol. The van der Waals surface area contributed by atoms with Gasteiger partial charge in [0, 0.05) is 12.1 Å². The molecule has 1 aliphatic carbocycles. The van der Waals surface area contributed by atoms with Crippen LogP contribution in [0.5, 0.6) is 5.75 Å². The van der Waals surface area contributed by atoms with Gasteiger partial charge in [-0.15, -0.1) is 0 Å². The topological polar surface area (TPSA) is 89.4 Å². The van der Waals surface area contributed by atoms with Crippen LogP contribution in [0.25, 0.3) is 0 Å². The second-order valence-electron chi connectivity index (χ2n) is 4.37. The molecule has 1 atom stereocenters. The zero-order chi connectivity index (χ0) is 12.6. The van der Waals surface area contributed by atoms with Crippen molar-refractivity contribution < 1.29 is 10.0 Å². The van der Waals surface area contributed by atoms with Crippen molar-refractivity contribution in [2.45, 2.75) is 25.3 Å². The largest absolute Gasteiger partial charge is 0.506 e. The molecule has 0 aliphatic heterocycles. The molecule has 0 spiro atoms. The summed E-state index contributed by atoms with van der Waals surface area (Å²) in [6.45, 7) is 0. The Balaban J connectivity index is 2.39. The van der Waals surface area contributed by atoms with Crippen LogP contribution in [0.4, 0.5) is 5.69 Å². The van der Waals surface area contributed by atoms with Crippen molar-refractivity contribution in [3.05, 3.63) is 32.8 Å². The highest BCUT2D eigenvalue weighted by Crippen LogP contribution is 2.43. The number of phenols is 1. The fourth-order valence-electron chi connectivity index (χ4n) is 1.93. The Labute approximate surface area is 103 Å². The molecule has 0 radical (unpaired) electrons. The molecule has 3 N–H and O–H groups in total. The molecule has 6 heteroatoms. The normalized spacial score (nSPS) is 16.8. The number of benzene rings is 1. The summed E-state index contributed by atoms with van der Waals surface area (Å²) in [4.78, 5) is 10.3. The lowest BCUT2D eigenvalue weighted by Crippen LogP contribution is -2.13. The number of nitrogens with zero attached hydrogens (tertiary/aromatic N) is 1. The molecule has 0 unspecified atom stereocenters. The molecule has 0 heterocycles. The standard InChI is InChI=1S/C11H13ClN2O3/c12-7-3-4-9(14(16)17)10(11(7)15)8(13)5-6-1-2-6/h3-4,6,8,15H,1-2,5,13H2/t8-/m1/s1. The molecule has 17 heavy (non-hydrogen) atoms. The lowest BCUT2D eigenvalue weighted by atomic mass is 9.99. The number of rotatable bonds is 4. The smallest absolute Gasteiger partial charge is 0.277 e. The van der Waals surface area contributed by atoms with E-state index < -0.39 is 11.0 Å². The van der Waals surface area contributed by atoms with Crippen LogP contribution in [0, 0.1) is 16.0 Å². The van der Waals surface area contributed by atoms with Crippen molar-refractivity contribution in [2.75, 3.05) is 0 Å². The van der Waals surface area contributed by atoms with E-state index in [4.69, 9.17) is 17.3 Å². The molecule has 5 nitrogen and oxygen atoms in total. The molecule has 1 fully saturated rings. The third-order valence-electron chi connectivity index (χ3n) is 3.00. The second-order valence-corrected chi connectivity index (χ2v) is 4.78. The summed E-state index contributed by atoms with van der Waals surface area (Å²) < 4.78 is 0. The van der Waals surface area contributed by atoms with Crippen LogP contribution in [0.15, 0.2) is 12.1 Å². The summed E-state index contributed by atoms with van der Waals surface area (Å²) in [5.74, 6) is 0.247. The number of hydrogen-bond donors (Lipinski definition) is 2. The first-order valence-electron chi connectivity index (χ1n) is 5.42. The summed E-state index contributed by atoms with van der Waals surface area (Å²) in [7, 11) is 0. The van der Waals surface area contributed by atoms with Crippen molar-refractivity contribution in [3.63, 3.8) is 0 Å². The van der Waals surface area contributed by atoms with E-state index in [1.807, 2.05) is 0 Å². The van der Waals surface area contributed by atoms with E-state index in [1.54, 1.807) is 0 Å². The molecule has 0 saturated heterocycles. The number of aromatic hydroxyl groups is 1. The highest BCUT2D eigenvalue weighted by atomic mass is 35.5. The van der Waals surface area contributed by atoms with Gasteiger partial charge in [0.05, 0.1) is 15.5 Å². The molecular weight excluding hydrogens is 244 g/mol. The first-order valence-corrected chi connectivity index (χ1v) is 5.79. The second kappa shape index (κ2) is 4.50. The van der Waals surface area contributed by atoms with Crippen LogP contribution < -0.4 is 5.73 Å². The summed E-state index contributed by atoms with van der Waals surface area (Å²) >= 11 is 5.76. The van der Waals surface area contributed by atoms with E-state index >= 15 is 0 Å². The molecule has 0 aromatic heterocycles. The SMILES string of the molecule is N[C@H](CC1CC1)c1c([N+](=O)[O-])ccc(Cl)c1O. The predicted molar refractivity (Wildman–Crippen MR) is 64.0 cm³/mol. The third kappa shape index (κ3) is 2.50. The van der Waals surface area contributed by atoms with Gasteiger partial charge in [-0.1, -0.05) is 24.4 Å². The van der Waals surface area contributed by atoms with E-state index in [-0.39, 0.29) is 22.0 Å². The van der Waals surface area contributed by atoms with Crippen LogP contribution in [-0.2, 0) is 0 Å². The van der Waals surface area contributed by atoms with E-state index in [9.17, 15) is 15.2 Å². The van der Waals surface area contributed by atoms with Crippen molar-refractivity contribution in [1.82, 2.24) is 0 Å². The number of phenolic OH excluding ortho intramolecular Hbond substituents is 1. The van der Waals surface area contributed by atoms with Gasteiger partial charge in [0.2, 0.25) is 0 Å². The minimum absolute atomic E-state index is 0.0943. The van der Waals surface area contributed by atoms with Gasteiger partial charge in [-0.05, 0) is 18.4 Å². The van der Waals surface area contributed by atoms with Crippen molar-refractivity contribution in [2.24, 2.45) is 11.7 Å². The number of halogens is 1. The first kappa shape index (κ1) is 12.1. The predicted octanol–water partition coefficient (Wildman–Crippen LogP) is 2.75. The molecule has 92 valence electrons. The summed E-state index contributed by atoms with van der Waals surface area (Å²) in [5.41, 5.74) is 5.90. The van der Waals surface area contributed by atoms with Crippen molar-refractivity contribution in [3.8, 4) is 5.75 Å². The lowest BCUT2D eigenvalue weighted by Gasteiger charge is -2.14. The van der Waals surface area contributed by atoms with E-state index in [0.717, 1.165) is 12.8 Å². The van der Waals surface area contributed by atoms with Crippen LogP contribution in [0.1, 0.15) is 30.9 Å². The van der Waals surface area contributed by atoms with Crippen LogP contribution >= 0.6 is 11.6 Å². The molecule has 1 aliphatic rings. The average Bonchev–Trinajstić information content (AvgIpc) is 3.05. The van der Waals surface area contributed by atoms with Gasteiger partial charge in [-0.25, -0.2) is 0 Å². The fraction of sp³-hybridized carbons (Fsp3) is 0.455. The zero-order valence-electron chi connectivity index (χ0n) is 9.10. The molecule has 2 rings (SSSR count). The molecular formula is C11H13ClN2O3. The van der Waals surface area contributed by atoms with Crippen LogP contribution in [-0.4, -0.2) is 10.0 Å². The Bertz CT molecular complexity index is 460. The Morgan fingerprint density at radius 1 is 1.59 bits per heavy atom. The first-order chi connectivity index (χ1) is 8.00. The van der Waals surface area contributed by atoms with Crippen molar-refractivity contribution in [1.29, 1.82) is 0 Å². The summed E-state index contributed by atoms with van der Waals surface area (Å²) in [5, 5.41) is 20.8. The number of nitrogens with two attached hydrogens (primary N) is 1. The number of hydrogen-bond acceptors (Lipinski definition) is 4. The van der Waals surface area contributed by atoms with E-state index in [0.29, 0.717) is 12.3 Å². The van der Waals surface area contributed by atoms with Crippen LogP contribution in [0.2, 0.25) is 5.02 Å². The summed E-state index contributed by atoms with van der Waals surface area (Å²) in [6, 6.07) is 2.05. The van der Waals surface area contributed by atoms with Gasteiger partial charge in [-0.3, -0.25) is 10.1 Å². The third-order valence-corrected chi connectivity index (χ3v) is 3.30. The Kier molecular flexibility index (Phi) is 3.22. The summed E-state index contributed by atoms with van der Waals surface area (Å²) in [6.07, 6.45) is 2.85. The zero-order valence-corrected chi connectivity index (χ0v) is 9.85. The Hall–Kier alpha value is -1.33. The van der Waals surface area contributed by atoms with Gasteiger partial charge >= 0.3 is 0 Å². The molecule has 0 bridgehead atoms. The Morgan fingerprint density at radius 3 is 2.76 bits per heavy atom.